The van der Waals surface area contributed by atoms with Crippen molar-refractivity contribution in [2.75, 3.05) is 29.0 Å². The Morgan fingerprint density at radius 2 is 2.03 bits per heavy atom. The van der Waals surface area contributed by atoms with Gasteiger partial charge in [-0.05, 0) is 62.3 Å². The standard InChI is InChI=1S/C24H27F3N6O2/c25-24(26,27)18-13-29-23(30-16-6-7-19-15(11-16)12-20(34)31-19)32-21(18)28-9-8-17-3-1-2-10-33(17)22(35)14-4-5-14/h6-7,11,13-14,17H,1-5,8-10,12H2,(H,31,34)(H2,28,29,30,32). The lowest BCUT2D eigenvalue weighted by atomic mass is 9.98. The maximum Gasteiger partial charge on any atom is 0.421 e. The first-order valence-corrected chi connectivity index (χ1v) is 12.0. The number of amides is 2. The largest absolute Gasteiger partial charge is 0.421 e. The zero-order valence-electron chi connectivity index (χ0n) is 19.1. The van der Waals surface area contributed by atoms with Gasteiger partial charge in [-0.2, -0.15) is 18.2 Å². The van der Waals surface area contributed by atoms with Gasteiger partial charge in [0.05, 0.1) is 6.42 Å². The zero-order chi connectivity index (χ0) is 24.6. The summed E-state index contributed by atoms with van der Waals surface area (Å²) in [5.74, 6) is -0.0796. The van der Waals surface area contributed by atoms with Gasteiger partial charge < -0.3 is 20.9 Å². The van der Waals surface area contributed by atoms with Gasteiger partial charge in [-0.1, -0.05) is 0 Å². The van der Waals surface area contributed by atoms with E-state index in [9.17, 15) is 22.8 Å². The molecule has 3 N–H and O–H groups in total. The smallest absolute Gasteiger partial charge is 0.369 e. The normalized spacial score (nSPS) is 19.8. The van der Waals surface area contributed by atoms with Crippen molar-refractivity contribution in [2.45, 2.75) is 57.2 Å². The molecule has 2 fully saturated rings. The summed E-state index contributed by atoms with van der Waals surface area (Å²) in [6, 6.07) is 5.20. The lowest BCUT2D eigenvalue weighted by Crippen LogP contribution is -2.45. The van der Waals surface area contributed by atoms with E-state index in [-0.39, 0.29) is 48.5 Å². The number of hydrogen-bond acceptors (Lipinski definition) is 6. The number of alkyl halides is 3. The summed E-state index contributed by atoms with van der Waals surface area (Å²) in [4.78, 5) is 34.0. The number of rotatable bonds is 7. The molecule has 1 unspecified atom stereocenters. The van der Waals surface area contributed by atoms with Crippen molar-refractivity contribution in [3.8, 4) is 0 Å². The quantitative estimate of drug-likeness (QED) is 0.537. The van der Waals surface area contributed by atoms with Crippen molar-refractivity contribution in [3.05, 3.63) is 35.5 Å². The van der Waals surface area contributed by atoms with Crippen molar-refractivity contribution in [3.63, 3.8) is 0 Å². The lowest BCUT2D eigenvalue weighted by molar-refractivity contribution is -0.137. The van der Waals surface area contributed by atoms with Gasteiger partial charge in [-0.25, -0.2) is 4.98 Å². The Hall–Kier alpha value is -3.37. The van der Waals surface area contributed by atoms with Crippen molar-refractivity contribution >= 4 is 35.0 Å². The number of halogens is 3. The highest BCUT2D eigenvalue weighted by Crippen LogP contribution is 2.36. The molecule has 2 aliphatic heterocycles. The number of carbonyl (C=O) groups excluding carboxylic acids is 2. The number of piperidine rings is 1. The fourth-order valence-corrected chi connectivity index (χ4v) is 4.73. The Morgan fingerprint density at radius 3 is 2.80 bits per heavy atom. The third-order valence-corrected chi connectivity index (χ3v) is 6.69. The van der Waals surface area contributed by atoms with Gasteiger partial charge in [0.1, 0.15) is 11.4 Å². The summed E-state index contributed by atoms with van der Waals surface area (Å²) in [5.41, 5.74) is 1.14. The minimum absolute atomic E-state index is 0.0148. The highest BCUT2D eigenvalue weighted by molar-refractivity contribution is 5.99. The van der Waals surface area contributed by atoms with Crippen LogP contribution >= 0.6 is 0 Å². The molecular weight excluding hydrogens is 461 g/mol. The van der Waals surface area contributed by atoms with Gasteiger partial charge in [-0.15, -0.1) is 0 Å². The molecule has 2 aromatic rings. The van der Waals surface area contributed by atoms with Crippen LogP contribution in [0.5, 0.6) is 0 Å². The molecule has 2 amide bonds. The maximum atomic E-state index is 13.6. The molecular formula is C24H27F3N6O2. The number of fused-ring (bicyclic) bond motifs is 1. The molecule has 11 heteroatoms. The van der Waals surface area contributed by atoms with Crippen LogP contribution in [0.2, 0.25) is 0 Å². The zero-order valence-corrected chi connectivity index (χ0v) is 19.1. The highest BCUT2D eigenvalue weighted by Gasteiger charge is 2.38. The summed E-state index contributed by atoms with van der Waals surface area (Å²) >= 11 is 0. The Kier molecular flexibility index (Phi) is 6.24. The summed E-state index contributed by atoms with van der Waals surface area (Å²) < 4.78 is 40.8. The van der Waals surface area contributed by atoms with Crippen LogP contribution in [-0.2, 0) is 22.2 Å². The number of nitrogens with zero attached hydrogens (tertiary/aromatic N) is 3. The average molecular weight is 489 g/mol. The molecule has 35 heavy (non-hydrogen) atoms. The van der Waals surface area contributed by atoms with Gasteiger partial charge in [0.15, 0.2) is 0 Å². The minimum Gasteiger partial charge on any atom is -0.369 e. The van der Waals surface area contributed by atoms with Crippen molar-refractivity contribution in [1.82, 2.24) is 14.9 Å². The van der Waals surface area contributed by atoms with Crippen molar-refractivity contribution < 1.29 is 22.8 Å². The summed E-state index contributed by atoms with van der Waals surface area (Å²) in [6.45, 7) is 0.975. The van der Waals surface area contributed by atoms with E-state index in [1.807, 2.05) is 4.90 Å². The molecule has 8 nitrogen and oxygen atoms in total. The molecule has 3 aliphatic rings. The lowest BCUT2D eigenvalue weighted by Gasteiger charge is -2.36. The third-order valence-electron chi connectivity index (χ3n) is 6.69. The van der Waals surface area contributed by atoms with Gasteiger partial charge in [-0.3, -0.25) is 9.59 Å². The molecule has 0 bridgehead atoms. The number of nitrogens with one attached hydrogen (secondary N) is 3. The molecule has 186 valence electrons. The number of anilines is 4. The first-order valence-electron chi connectivity index (χ1n) is 12.0. The molecule has 0 radical (unpaired) electrons. The Balaban J connectivity index is 1.28. The van der Waals surface area contributed by atoms with Crippen LogP contribution in [-0.4, -0.2) is 45.8 Å². The van der Waals surface area contributed by atoms with Crippen LogP contribution in [0.15, 0.2) is 24.4 Å². The molecule has 5 rings (SSSR count). The van der Waals surface area contributed by atoms with E-state index in [0.717, 1.165) is 50.4 Å². The minimum atomic E-state index is -4.61. The van der Waals surface area contributed by atoms with E-state index in [2.05, 4.69) is 25.9 Å². The highest BCUT2D eigenvalue weighted by atomic mass is 19.4. The second-order valence-electron chi connectivity index (χ2n) is 9.35. The van der Waals surface area contributed by atoms with E-state index in [4.69, 9.17) is 0 Å². The van der Waals surface area contributed by atoms with Crippen LogP contribution in [0.4, 0.5) is 36.3 Å². The maximum absolute atomic E-state index is 13.6. The number of carbonyl (C=O) groups is 2. The number of likely N-dealkylation sites (tertiary alicyclic amines) is 1. The van der Waals surface area contributed by atoms with Crippen LogP contribution in [0.25, 0.3) is 0 Å². The topological polar surface area (TPSA) is 99.3 Å². The third kappa shape index (κ3) is 5.33. The van der Waals surface area contributed by atoms with Crippen LogP contribution < -0.4 is 16.0 Å². The second kappa shape index (κ2) is 9.35. The Bertz CT molecular complexity index is 1130. The van der Waals surface area contributed by atoms with E-state index in [1.54, 1.807) is 18.2 Å². The number of hydrogen-bond donors (Lipinski definition) is 3. The number of benzene rings is 1. The monoisotopic (exact) mass is 488 g/mol. The fourth-order valence-electron chi connectivity index (χ4n) is 4.73. The molecule has 0 spiro atoms. The van der Waals surface area contributed by atoms with Crippen LogP contribution in [0, 0.1) is 5.92 Å². The Labute approximate surface area is 200 Å². The summed E-state index contributed by atoms with van der Waals surface area (Å²) in [5, 5.41) is 8.50. The number of aromatic nitrogens is 2. The summed E-state index contributed by atoms with van der Waals surface area (Å²) in [7, 11) is 0. The van der Waals surface area contributed by atoms with E-state index >= 15 is 0 Å². The first-order chi connectivity index (χ1) is 16.8. The van der Waals surface area contributed by atoms with Crippen LogP contribution in [0.3, 0.4) is 0 Å². The van der Waals surface area contributed by atoms with Crippen LogP contribution in [0.1, 0.15) is 49.7 Å². The van der Waals surface area contributed by atoms with Gasteiger partial charge >= 0.3 is 6.18 Å². The molecule has 1 saturated carbocycles. The van der Waals surface area contributed by atoms with Gasteiger partial charge in [0, 0.05) is 42.6 Å². The molecule has 1 atom stereocenters. The van der Waals surface area contributed by atoms with Crippen molar-refractivity contribution in [1.29, 1.82) is 0 Å². The van der Waals surface area contributed by atoms with Gasteiger partial charge in [0.2, 0.25) is 17.8 Å². The summed E-state index contributed by atoms with van der Waals surface area (Å²) in [6.07, 6.45) is 1.65. The molecule has 1 saturated heterocycles. The fraction of sp³-hybridized carbons (Fsp3) is 0.500. The molecule has 1 aliphatic carbocycles. The second-order valence-corrected chi connectivity index (χ2v) is 9.35. The molecule has 3 heterocycles. The van der Waals surface area contributed by atoms with E-state index in [1.165, 1.54) is 0 Å². The Morgan fingerprint density at radius 1 is 1.20 bits per heavy atom. The van der Waals surface area contributed by atoms with Crippen molar-refractivity contribution in [2.24, 2.45) is 5.92 Å². The molecule has 1 aromatic carbocycles. The SMILES string of the molecule is O=C1Cc2cc(Nc3ncc(C(F)(F)F)c(NCCC4CCCCN4C(=O)C4CC4)n3)ccc2N1. The first kappa shape index (κ1) is 23.4. The predicted octanol–water partition coefficient (Wildman–Crippen LogP) is 4.33. The predicted molar refractivity (Wildman–Crippen MR) is 124 cm³/mol. The van der Waals surface area contributed by atoms with E-state index in [0.29, 0.717) is 17.8 Å². The molecule has 1 aromatic heterocycles. The van der Waals surface area contributed by atoms with E-state index < -0.39 is 11.7 Å². The van der Waals surface area contributed by atoms with Gasteiger partial charge in [0.25, 0.3) is 0 Å². The average Bonchev–Trinajstić information content (AvgIpc) is 3.59.